The number of aliphatic carboxylic acids is 1. The topological polar surface area (TPSA) is 57.6 Å². The van der Waals surface area contributed by atoms with Crippen LogP contribution in [0, 0.1) is 5.41 Å². The first kappa shape index (κ1) is 14.5. The fourth-order valence-electron chi connectivity index (χ4n) is 2.50. The molecule has 4 nitrogen and oxygen atoms in total. The highest BCUT2D eigenvalue weighted by Crippen LogP contribution is 2.35. The minimum Gasteiger partial charge on any atom is -0.481 e. The van der Waals surface area contributed by atoms with Crippen molar-refractivity contribution < 1.29 is 14.7 Å². The fourth-order valence-corrected chi connectivity index (χ4v) is 3.86. The maximum atomic E-state index is 12.4. The van der Waals surface area contributed by atoms with E-state index in [-0.39, 0.29) is 5.91 Å². The van der Waals surface area contributed by atoms with Crippen LogP contribution in [0.2, 0.25) is 0 Å². The average molecular weight is 346 g/mol. The van der Waals surface area contributed by atoms with Gasteiger partial charge in [0.25, 0.3) is 5.91 Å². The van der Waals surface area contributed by atoms with Crippen LogP contribution in [0.15, 0.2) is 15.9 Å². The summed E-state index contributed by atoms with van der Waals surface area (Å²) in [6.45, 7) is 2.83. The maximum absolute atomic E-state index is 12.4. The van der Waals surface area contributed by atoms with Crippen LogP contribution in [-0.4, -0.2) is 35.0 Å². The summed E-state index contributed by atoms with van der Waals surface area (Å²) in [5, 5.41) is 9.42. The van der Waals surface area contributed by atoms with Gasteiger partial charge in [-0.25, -0.2) is 0 Å². The van der Waals surface area contributed by atoms with Crippen molar-refractivity contribution in [3.63, 3.8) is 0 Å². The molecule has 1 atom stereocenters. The van der Waals surface area contributed by atoms with E-state index in [1.165, 1.54) is 11.3 Å². The third-order valence-corrected chi connectivity index (χ3v) is 5.39. The lowest BCUT2D eigenvalue weighted by molar-refractivity contribution is -0.152. The highest BCUT2D eigenvalue weighted by molar-refractivity contribution is 9.11. The molecule has 0 aromatic carbocycles. The summed E-state index contributed by atoms with van der Waals surface area (Å²) < 4.78 is 0.910. The van der Waals surface area contributed by atoms with E-state index in [1.54, 1.807) is 11.0 Å². The Bertz CT molecular complexity index is 502. The first-order chi connectivity index (χ1) is 8.98. The second kappa shape index (κ2) is 5.63. The molecular weight excluding hydrogens is 330 g/mol. The van der Waals surface area contributed by atoms with Gasteiger partial charge in [-0.05, 0) is 47.3 Å². The van der Waals surface area contributed by atoms with Gasteiger partial charge in [0.15, 0.2) is 0 Å². The molecule has 1 fully saturated rings. The predicted molar refractivity (Wildman–Crippen MR) is 77.5 cm³/mol. The molecule has 0 spiro atoms. The van der Waals surface area contributed by atoms with E-state index in [4.69, 9.17) is 0 Å². The molecular formula is C13H16BrNO3S. The van der Waals surface area contributed by atoms with Gasteiger partial charge < -0.3 is 10.0 Å². The molecule has 1 unspecified atom stereocenters. The van der Waals surface area contributed by atoms with Gasteiger partial charge in [-0.1, -0.05) is 6.92 Å². The molecule has 1 saturated heterocycles. The van der Waals surface area contributed by atoms with E-state index in [0.29, 0.717) is 30.8 Å². The van der Waals surface area contributed by atoms with E-state index < -0.39 is 11.4 Å². The molecule has 104 valence electrons. The van der Waals surface area contributed by atoms with Gasteiger partial charge in [-0.2, -0.15) is 0 Å². The van der Waals surface area contributed by atoms with E-state index in [1.807, 2.05) is 13.0 Å². The summed E-state index contributed by atoms with van der Waals surface area (Å²) in [6, 6.07) is 3.62. The maximum Gasteiger partial charge on any atom is 0.311 e. The van der Waals surface area contributed by atoms with Crippen LogP contribution in [0.4, 0.5) is 0 Å². The molecule has 1 N–H and O–H groups in total. The molecule has 0 radical (unpaired) electrons. The van der Waals surface area contributed by atoms with Crippen LogP contribution in [0.5, 0.6) is 0 Å². The first-order valence-corrected chi connectivity index (χ1v) is 7.87. The molecule has 0 bridgehead atoms. The quantitative estimate of drug-likeness (QED) is 0.914. The number of amides is 1. The number of nitrogens with zero attached hydrogens (tertiary/aromatic N) is 1. The Hall–Kier alpha value is -0.880. The third-order valence-electron chi connectivity index (χ3n) is 3.78. The lowest BCUT2D eigenvalue weighted by Gasteiger charge is -2.39. The summed E-state index contributed by atoms with van der Waals surface area (Å²) in [5.74, 6) is -0.852. The zero-order chi connectivity index (χ0) is 14.0. The highest BCUT2D eigenvalue weighted by atomic mass is 79.9. The summed E-state index contributed by atoms with van der Waals surface area (Å²) in [5.41, 5.74) is -0.775. The van der Waals surface area contributed by atoms with Gasteiger partial charge in [0.05, 0.1) is 14.1 Å². The third kappa shape index (κ3) is 2.84. The molecule has 1 aliphatic rings. The van der Waals surface area contributed by atoms with Crippen molar-refractivity contribution in [3.8, 4) is 0 Å². The average Bonchev–Trinajstić information content (AvgIpc) is 2.84. The lowest BCUT2D eigenvalue weighted by Crippen LogP contribution is -2.49. The number of carbonyl (C=O) groups excluding carboxylic acids is 1. The molecule has 0 aliphatic carbocycles. The molecule has 1 aliphatic heterocycles. The van der Waals surface area contributed by atoms with Crippen molar-refractivity contribution in [1.29, 1.82) is 0 Å². The largest absolute Gasteiger partial charge is 0.481 e. The Morgan fingerprint density at radius 2 is 2.26 bits per heavy atom. The zero-order valence-electron chi connectivity index (χ0n) is 10.7. The number of hydrogen-bond donors (Lipinski definition) is 1. The lowest BCUT2D eigenvalue weighted by atomic mass is 9.77. The number of carboxylic acids is 1. The number of likely N-dealkylation sites (tertiary alicyclic amines) is 1. The van der Waals surface area contributed by atoms with Crippen LogP contribution >= 0.6 is 27.3 Å². The van der Waals surface area contributed by atoms with Gasteiger partial charge in [-0.3, -0.25) is 9.59 Å². The summed E-state index contributed by atoms with van der Waals surface area (Å²) >= 11 is 4.72. The second-order valence-corrected chi connectivity index (χ2v) is 7.34. The number of hydrogen-bond acceptors (Lipinski definition) is 3. The standard InChI is InChI=1S/C13H16BrNO3S/c1-2-13(12(17)18)6-3-7-15(8-13)11(16)9-4-5-10(14)19-9/h4-5H,2-3,6-8H2,1H3,(H,17,18). The number of thiophene rings is 1. The molecule has 6 heteroatoms. The van der Waals surface area contributed by atoms with Gasteiger partial charge in [0, 0.05) is 13.1 Å². The minimum atomic E-state index is -0.792. The first-order valence-electron chi connectivity index (χ1n) is 6.26. The van der Waals surface area contributed by atoms with Gasteiger partial charge >= 0.3 is 5.97 Å². The van der Waals surface area contributed by atoms with Crippen molar-refractivity contribution in [2.45, 2.75) is 26.2 Å². The molecule has 1 aromatic rings. The fraction of sp³-hybridized carbons (Fsp3) is 0.538. The minimum absolute atomic E-state index is 0.0607. The van der Waals surface area contributed by atoms with Crippen molar-refractivity contribution in [2.24, 2.45) is 5.41 Å². The van der Waals surface area contributed by atoms with Gasteiger partial charge in [-0.15, -0.1) is 11.3 Å². The number of rotatable bonds is 3. The SMILES string of the molecule is CCC1(C(=O)O)CCCN(C(=O)c2ccc(Br)s2)C1. The molecule has 2 heterocycles. The summed E-state index contributed by atoms with van der Waals surface area (Å²) in [6.07, 6.45) is 1.95. The summed E-state index contributed by atoms with van der Waals surface area (Å²) in [7, 11) is 0. The molecule has 0 saturated carbocycles. The number of halogens is 1. The highest BCUT2D eigenvalue weighted by Gasteiger charge is 2.42. The number of carboxylic acid groups (broad SMARTS) is 1. The second-order valence-electron chi connectivity index (χ2n) is 4.87. The molecule has 1 aromatic heterocycles. The van der Waals surface area contributed by atoms with Crippen LogP contribution in [0.3, 0.4) is 0 Å². The molecule has 2 rings (SSSR count). The molecule has 1 amide bonds. The Kier molecular flexibility index (Phi) is 4.30. The Morgan fingerprint density at radius 1 is 1.53 bits per heavy atom. The predicted octanol–water partition coefficient (Wildman–Crippen LogP) is 3.23. The number of piperidine rings is 1. The Morgan fingerprint density at radius 3 is 2.79 bits per heavy atom. The van der Waals surface area contributed by atoms with Crippen LogP contribution < -0.4 is 0 Å². The van der Waals surface area contributed by atoms with Crippen LogP contribution in [0.25, 0.3) is 0 Å². The van der Waals surface area contributed by atoms with Gasteiger partial charge in [0.2, 0.25) is 0 Å². The smallest absolute Gasteiger partial charge is 0.311 e. The van der Waals surface area contributed by atoms with Crippen LogP contribution in [-0.2, 0) is 4.79 Å². The van der Waals surface area contributed by atoms with E-state index >= 15 is 0 Å². The van der Waals surface area contributed by atoms with Crippen molar-refractivity contribution >= 4 is 39.1 Å². The van der Waals surface area contributed by atoms with Crippen LogP contribution in [0.1, 0.15) is 35.9 Å². The Labute approximate surface area is 124 Å². The van der Waals surface area contributed by atoms with Crippen molar-refractivity contribution in [1.82, 2.24) is 4.90 Å². The van der Waals surface area contributed by atoms with Crippen molar-refractivity contribution in [2.75, 3.05) is 13.1 Å². The number of carbonyl (C=O) groups is 2. The van der Waals surface area contributed by atoms with E-state index in [9.17, 15) is 14.7 Å². The molecule has 19 heavy (non-hydrogen) atoms. The monoisotopic (exact) mass is 345 g/mol. The Balaban J connectivity index is 2.17. The van der Waals surface area contributed by atoms with Gasteiger partial charge in [0.1, 0.15) is 0 Å². The van der Waals surface area contributed by atoms with E-state index in [2.05, 4.69) is 15.9 Å². The van der Waals surface area contributed by atoms with E-state index in [0.717, 1.165) is 10.2 Å². The zero-order valence-corrected chi connectivity index (χ0v) is 13.1. The van der Waals surface area contributed by atoms with Crippen molar-refractivity contribution in [3.05, 3.63) is 20.8 Å². The normalized spacial score (nSPS) is 23.4. The summed E-state index contributed by atoms with van der Waals surface area (Å²) in [4.78, 5) is 26.2.